The van der Waals surface area contributed by atoms with Gasteiger partial charge in [0.1, 0.15) is 5.70 Å². The highest BCUT2D eigenvalue weighted by atomic mass is 35.5. The van der Waals surface area contributed by atoms with Gasteiger partial charge in [-0.3, -0.25) is 9.59 Å². The van der Waals surface area contributed by atoms with Gasteiger partial charge in [0.25, 0.3) is 11.8 Å². The van der Waals surface area contributed by atoms with E-state index in [2.05, 4.69) is 10.6 Å². The Labute approximate surface area is 133 Å². The quantitative estimate of drug-likeness (QED) is 0.853. The zero-order valence-electron chi connectivity index (χ0n) is 12.0. The van der Waals surface area contributed by atoms with E-state index in [9.17, 15) is 9.59 Å². The Bertz CT molecular complexity index is 694. The van der Waals surface area contributed by atoms with Gasteiger partial charge in [-0.2, -0.15) is 0 Å². The SMILES string of the molecule is CNC(=O)C(=Cc1ccc(Cl)cc1)NC(=O)c1ccccc1. The number of likely N-dealkylation sites (N-methyl/N-ethyl adjacent to an activating group) is 1. The highest BCUT2D eigenvalue weighted by Crippen LogP contribution is 2.12. The molecular formula is C17H15ClN2O2. The van der Waals surface area contributed by atoms with Crippen molar-refractivity contribution < 1.29 is 9.59 Å². The molecule has 0 heterocycles. The molecule has 22 heavy (non-hydrogen) atoms. The fourth-order valence-corrected chi connectivity index (χ4v) is 1.93. The Morgan fingerprint density at radius 3 is 2.23 bits per heavy atom. The molecular weight excluding hydrogens is 300 g/mol. The van der Waals surface area contributed by atoms with Crippen molar-refractivity contribution in [3.05, 3.63) is 76.4 Å². The average molecular weight is 315 g/mol. The van der Waals surface area contributed by atoms with Gasteiger partial charge in [-0.15, -0.1) is 0 Å². The first-order valence-electron chi connectivity index (χ1n) is 6.66. The van der Waals surface area contributed by atoms with E-state index in [1.807, 2.05) is 6.07 Å². The minimum atomic E-state index is -0.376. The molecule has 0 aliphatic rings. The van der Waals surface area contributed by atoms with E-state index in [0.29, 0.717) is 10.6 Å². The van der Waals surface area contributed by atoms with Crippen molar-refractivity contribution in [1.82, 2.24) is 10.6 Å². The minimum Gasteiger partial charge on any atom is -0.354 e. The average Bonchev–Trinajstić information content (AvgIpc) is 2.56. The molecule has 0 fully saturated rings. The van der Waals surface area contributed by atoms with Crippen LogP contribution in [0.1, 0.15) is 15.9 Å². The number of amides is 2. The molecule has 2 amide bonds. The van der Waals surface area contributed by atoms with Crippen LogP contribution in [0.15, 0.2) is 60.3 Å². The highest BCUT2D eigenvalue weighted by molar-refractivity contribution is 6.30. The molecule has 0 radical (unpaired) electrons. The molecule has 2 rings (SSSR count). The van der Waals surface area contributed by atoms with Crippen LogP contribution in [0.25, 0.3) is 6.08 Å². The summed E-state index contributed by atoms with van der Waals surface area (Å²) >= 11 is 5.83. The fraction of sp³-hybridized carbons (Fsp3) is 0.0588. The first kappa shape index (κ1) is 15.8. The van der Waals surface area contributed by atoms with Crippen molar-refractivity contribution in [2.24, 2.45) is 0 Å². The van der Waals surface area contributed by atoms with Gasteiger partial charge in [-0.25, -0.2) is 0 Å². The summed E-state index contributed by atoms with van der Waals surface area (Å²) in [6.45, 7) is 0. The van der Waals surface area contributed by atoms with Crippen molar-refractivity contribution in [3.8, 4) is 0 Å². The summed E-state index contributed by atoms with van der Waals surface area (Å²) < 4.78 is 0. The third-order valence-corrected chi connectivity index (χ3v) is 3.19. The van der Waals surface area contributed by atoms with Crippen LogP contribution in [-0.4, -0.2) is 18.9 Å². The van der Waals surface area contributed by atoms with Gasteiger partial charge >= 0.3 is 0 Å². The standard InChI is InChI=1S/C17H15ClN2O2/c1-19-17(22)15(11-12-7-9-14(18)10-8-12)20-16(21)13-5-3-2-4-6-13/h2-11H,1H3,(H,19,22)(H,20,21). The van der Waals surface area contributed by atoms with Crippen LogP contribution in [0.4, 0.5) is 0 Å². The number of hydrogen-bond acceptors (Lipinski definition) is 2. The van der Waals surface area contributed by atoms with Crippen LogP contribution in [0.3, 0.4) is 0 Å². The Morgan fingerprint density at radius 1 is 1.00 bits per heavy atom. The van der Waals surface area contributed by atoms with Crippen molar-refractivity contribution >= 4 is 29.5 Å². The van der Waals surface area contributed by atoms with Crippen LogP contribution in [0.5, 0.6) is 0 Å². The predicted molar refractivity (Wildman–Crippen MR) is 87.4 cm³/mol. The van der Waals surface area contributed by atoms with Gasteiger partial charge in [-0.1, -0.05) is 41.9 Å². The van der Waals surface area contributed by atoms with E-state index in [1.165, 1.54) is 7.05 Å². The molecule has 0 aliphatic carbocycles. The molecule has 0 bridgehead atoms. The van der Waals surface area contributed by atoms with Crippen LogP contribution in [0.2, 0.25) is 5.02 Å². The number of rotatable bonds is 4. The molecule has 0 aromatic heterocycles. The first-order valence-corrected chi connectivity index (χ1v) is 7.03. The maximum atomic E-state index is 12.2. The molecule has 2 aromatic carbocycles. The van der Waals surface area contributed by atoms with Crippen LogP contribution in [0, 0.1) is 0 Å². The lowest BCUT2D eigenvalue weighted by Crippen LogP contribution is -2.33. The number of carbonyl (C=O) groups is 2. The predicted octanol–water partition coefficient (Wildman–Crippen LogP) is 2.86. The summed E-state index contributed by atoms with van der Waals surface area (Å²) in [7, 11) is 1.51. The molecule has 4 nitrogen and oxygen atoms in total. The Kier molecular flexibility index (Phi) is 5.33. The summed E-state index contributed by atoms with van der Waals surface area (Å²) in [5.74, 6) is -0.719. The lowest BCUT2D eigenvalue weighted by Gasteiger charge is -2.09. The normalized spacial score (nSPS) is 10.9. The maximum absolute atomic E-state index is 12.2. The van der Waals surface area contributed by atoms with Crippen LogP contribution in [-0.2, 0) is 4.79 Å². The maximum Gasteiger partial charge on any atom is 0.267 e. The molecule has 0 aliphatic heterocycles. The molecule has 0 spiro atoms. The minimum absolute atomic E-state index is 0.165. The molecule has 112 valence electrons. The van der Waals surface area contributed by atoms with Gasteiger partial charge in [-0.05, 0) is 35.9 Å². The van der Waals surface area contributed by atoms with E-state index in [1.54, 1.807) is 54.6 Å². The Hall–Kier alpha value is -2.59. The summed E-state index contributed by atoms with van der Waals surface area (Å²) in [4.78, 5) is 24.1. The van der Waals surface area contributed by atoms with Crippen LogP contribution < -0.4 is 10.6 Å². The van der Waals surface area contributed by atoms with Crippen LogP contribution >= 0.6 is 11.6 Å². The molecule has 0 atom stereocenters. The molecule has 5 heteroatoms. The van der Waals surface area contributed by atoms with Crippen molar-refractivity contribution in [3.63, 3.8) is 0 Å². The second kappa shape index (κ2) is 7.43. The molecule has 2 N–H and O–H groups in total. The monoisotopic (exact) mass is 314 g/mol. The summed E-state index contributed by atoms with van der Waals surface area (Å²) in [5, 5.41) is 5.73. The largest absolute Gasteiger partial charge is 0.354 e. The van der Waals surface area contributed by atoms with Gasteiger partial charge in [0.15, 0.2) is 0 Å². The topological polar surface area (TPSA) is 58.2 Å². The molecule has 0 unspecified atom stereocenters. The number of benzene rings is 2. The smallest absolute Gasteiger partial charge is 0.267 e. The summed E-state index contributed by atoms with van der Waals surface area (Å²) in [6.07, 6.45) is 1.59. The molecule has 0 saturated heterocycles. The fourth-order valence-electron chi connectivity index (χ4n) is 1.80. The summed E-state index contributed by atoms with van der Waals surface area (Å²) in [6, 6.07) is 15.7. The van der Waals surface area contributed by atoms with Crippen molar-refractivity contribution in [2.75, 3.05) is 7.05 Å². The van der Waals surface area contributed by atoms with Crippen molar-refractivity contribution in [1.29, 1.82) is 0 Å². The highest BCUT2D eigenvalue weighted by Gasteiger charge is 2.13. The third-order valence-electron chi connectivity index (χ3n) is 2.94. The molecule has 0 saturated carbocycles. The summed E-state index contributed by atoms with van der Waals surface area (Å²) in [5.41, 5.74) is 1.41. The van der Waals surface area contributed by atoms with E-state index < -0.39 is 0 Å². The van der Waals surface area contributed by atoms with Crippen molar-refractivity contribution in [2.45, 2.75) is 0 Å². The Morgan fingerprint density at radius 2 is 1.64 bits per heavy atom. The number of carbonyl (C=O) groups excluding carboxylic acids is 2. The van der Waals surface area contributed by atoms with E-state index in [4.69, 9.17) is 11.6 Å². The molecule has 2 aromatic rings. The zero-order chi connectivity index (χ0) is 15.9. The van der Waals surface area contributed by atoms with Gasteiger partial charge in [0, 0.05) is 17.6 Å². The number of halogens is 1. The first-order chi connectivity index (χ1) is 10.6. The number of nitrogens with one attached hydrogen (secondary N) is 2. The number of hydrogen-bond donors (Lipinski definition) is 2. The van der Waals surface area contributed by atoms with E-state index in [0.717, 1.165) is 5.56 Å². The lowest BCUT2D eigenvalue weighted by molar-refractivity contribution is -0.117. The third kappa shape index (κ3) is 4.20. The Balaban J connectivity index is 2.25. The lowest BCUT2D eigenvalue weighted by atomic mass is 10.1. The second-order valence-corrected chi connectivity index (χ2v) is 4.95. The van der Waals surface area contributed by atoms with E-state index >= 15 is 0 Å². The van der Waals surface area contributed by atoms with Gasteiger partial charge in [0.05, 0.1) is 0 Å². The zero-order valence-corrected chi connectivity index (χ0v) is 12.7. The second-order valence-electron chi connectivity index (χ2n) is 4.51. The van der Waals surface area contributed by atoms with Gasteiger partial charge < -0.3 is 10.6 Å². The van der Waals surface area contributed by atoms with Gasteiger partial charge in [0.2, 0.25) is 0 Å². The van der Waals surface area contributed by atoms with E-state index in [-0.39, 0.29) is 17.5 Å².